The van der Waals surface area contributed by atoms with Crippen molar-refractivity contribution in [1.29, 1.82) is 0 Å². The zero-order chi connectivity index (χ0) is 19.0. The molecule has 2 aromatic carbocycles. The van der Waals surface area contributed by atoms with Gasteiger partial charge in [-0.3, -0.25) is 19.8 Å². The van der Waals surface area contributed by atoms with Crippen molar-refractivity contribution in [2.75, 3.05) is 18.5 Å². The summed E-state index contributed by atoms with van der Waals surface area (Å²) in [5.41, 5.74) is 2.19. The van der Waals surface area contributed by atoms with Crippen LogP contribution in [0, 0.1) is 10.1 Å². The summed E-state index contributed by atoms with van der Waals surface area (Å²) in [5, 5.41) is 14.8. The highest BCUT2D eigenvalue weighted by atomic mass is 16.6. The van der Waals surface area contributed by atoms with Crippen molar-refractivity contribution in [3.05, 3.63) is 64.2 Å². The molecule has 1 amide bonds. The average Bonchev–Trinajstić information content (AvgIpc) is 3.04. The summed E-state index contributed by atoms with van der Waals surface area (Å²) in [6, 6.07) is 14.7. The third kappa shape index (κ3) is 3.14. The van der Waals surface area contributed by atoms with Gasteiger partial charge >= 0.3 is 0 Å². The molecule has 140 valence electrons. The topological polar surface area (TPSA) is 78.7 Å². The highest BCUT2D eigenvalue weighted by Crippen LogP contribution is 2.38. The number of nitro groups is 1. The van der Waals surface area contributed by atoms with Gasteiger partial charge in [0.25, 0.3) is 5.69 Å². The van der Waals surface area contributed by atoms with Gasteiger partial charge in [0.05, 0.1) is 11.0 Å². The van der Waals surface area contributed by atoms with Gasteiger partial charge in [0.1, 0.15) is 11.9 Å². The van der Waals surface area contributed by atoms with Crippen molar-refractivity contribution in [2.45, 2.75) is 31.5 Å². The molecule has 2 unspecified atom stereocenters. The van der Waals surface area contributed by atoms with Gasteiger partial charge in [-0.15, -0.1) is 0 Å². The molecule has 0 radical (unpaired) electrons. The largest absolute Gasteiger partial charge is 0.339 e. The Morgan fingerprint density at radius 1 is 1.19 bits per heavy atom. The van der Waals surface area contributed by atoms with E-state index in [-0.39, 0.29) is 28.7 Å². The molecule has 1 N–H and O–H groups in total. The van der Waals surface area contributed by atoms with Gasteiger partial charge in [0.2, 0.25) is 5.91 Å². The van der Waals surface area contributed by atoms with Crippen LogP contribution < -0.4 is 10.2 Å². The molecule has 2 aliphatic rings. The number of amides is 1. The lowest BCUT2D eigenvalue weighted by molar-refractivity contribution is -0.384. The van der Waals surface area contributed by atoms with E-state index in [2.05, 4.69) is 10.2 Å². The Hall–Kier alpha value is -2.93. The van der Waals surface area contributed by atoms with Gasteiger partial charge in [-0.25, -0.2) is 0 Å². The first kappa shape index (κ1) is 17.5. The van der Waals surface area contributed by atoms with Gasteiger partial charge in [0, 0.05) is 25.3 Å². The van der Waals surface area contributed by atoms with E-state index in [1.165, 1.54) is 0 Å². The Bertz CT molecular complexity index is 871. The van der Waals surface area contributed by atoms with Crippen molar-refractivity contribution in [3.63, 3.8) is 0 Å². The number of rotatable bonds is 4. The highest BCUT2D eigenvalue weighted by Gasteiger charge is 2.42. The van der Waals surface area contributed by atoms with Gasteiger partial charge in [-0.05, 0) is 36.6 Å². The number of benzene rings is 2. The third-order valence-corrected chi connectivity index (χ3v) is 5.47. The minimum Gasteiger partial charge on any atom is -0.339 e. The van der Waals surface area contributed by atoms with E-state index in [4.69, 9.17) is 0 Å². The standard InChI is InChI=1S/C20H22N4O3/c1-22(15-7-3-2-4-8-15)16-11-10-14(13-18(16)24(26)27)19-21-20(25)17-9-5-6-12-23(17)19/h2-4,7-8,10-11,13,17,19H,5-6,9,12H2,1H3,(H,21,25). The Balaban J connectivity index is 1.69. The van der Waals surface area contributed by atoms with Crippen molar-refractivity contribution in [3.8, 4) is 0 Å². The lowest BCUT2D eigenvalue weighted by atomic mass is 10.0. The number of nitrogens with zero attached hydrogens (tertiary/aromatic N) is 3. The maximum atomic E-state index is 12.3. The molecular formula is C20H22N4O3. The van der Waals surface area contributed by atoms with E-state index in [9.17, 15) is 14.9 Å². The second-order valence-electron chi connectivity index (χ2n) is 7.06. The maximum Gasteiger partial charge on any atom is 0.293 e. The van der Waals surface area contributed by atoms with Crippen LogP contribution >= 0.6 is 0 Å². The molecule has 2 aromatic rings. The minimum atomic E-state index is -0.358. The molecule has 0 aliphatic carbocycles. The normalized spacial score (nSPS) is 22.2. The Labute approximate surface area is 157 Å². The Kier molecular flexibility index (Phi) is 4.53. The molecular weight excluding hydrogens is 344 g/mol. The number of carbonyl (C=O) groups excluding carboxylic acids is 1. The number of nitro benzene ring substituents is 1. The summed E-state index contributed by atoms with van der Waals surface area (Å²) >= 11 is 0. The molecule has 0 saturated carbocycles. The Morgan fingerprint density at radius 2 is 1.96 bits per heavy atom. The van der Waals surface area contributed by atoms with E-state index in [0.717, 1.165) is 37.1 Å². The van der Waals surface area contributed by atoms with Crippen LogP contribution in [0.25, 0.3) is 0 Å². The first-order chi connectivity index (χ1) is 13.1. The number of nitrogens with one attached hydrogen (secondary N) is 1. The molecule has 4 rings (SSSR count). The van der Waals surface area contributed by atoms with Gasteiger partial charge in [-0.2, -0.15) is 0 Å². The van der Waals surface area contributed by atoms with Gasteiger partial charge in [-0.1, -0.05) is 30.7 Å². The predicted molar refractivity (Wildman–Crippen MR) is 103 cm³/mol. The molecule has 0 bridgehead atoms. The van der Waals surface area contributed by atoms with Crippen LogP contribution in [-0.2, 0) is 4.79 Å². The van der Waals surface area contributed by atoms with Crippen LogP contribution in [0.5, 0.6) is 0 Å². The van der Waals surface area contributed by atoms with E-state index in [1.807, 2.05) is 43.4 Å². The monoisotopic (exact) mass is 366 g/mol. The summed E-state index contributed by atoms with van der Waals surface area (Å²) in [6.07, 6.45) is 2.64. The van der Waals surface area contributed by atoms with E-state index in [0.29, 0.717) is 5.69 Å². The summed E-state index contributed by atoms with van der Waals surface area (Å²) in [4.78, 5) is 27.6. The van der Waals surface area contributed by atoms with E-state index >= 15 is 0 Å². The number of carbonyl (C=O) groups is 1. The summed E-state index contributed by atoms with van der Waals surface area (Å²) in [6.45, 7) is 0.827. The maximum absolute atomic E-state index is 12.3. The first-order valence-corrected chi connectivity index (χ1v) is 9.19. The van der Waals surface area contributed by atoms with E-state index in [1.54, 1.807) is 17.0 Å². The quantitative estimate of drug-likeness (QED) is 0.663. The fourth-order valence-corrected chi connectivity index (χ4v) is 4.06. The lowest BCUT2D eigenvalue weighted by Gasteiger charge is -2.31. The van der Waals surface area contributed by atoms with Crippen LogP contribution in [-0.4, -0.2) is 35.4 Å². The lowest BCUT2D eigenvalue weighted by Crippen LogP contribution is -2.38. The minimum absolute atomic E-state index is 0.0211. The molecule has 2 heterocycles. The third-order valence-electron chi connectivity index (χ3n) is 5.47. The molecule has 2 aliphatic heterocycles. The molecule has 7 nitrogen and oxygen atoms in total. The molecule has 7 heteroatoms. The summed E-state index contributed by atoms with van der Waals surface area (Å²) < 4.78 is 0. The number of hydrogen-bond acceptors (Lipinski definition) is 5. The highest BCUT2D eigenvalue weighted by molar-refractivity contribution is 5.84. The number of anilines is 2. The van der Waals surface area contributed by atoms with Crippen LogP contribution in [0.2, 0.25) is 0 Å². The van der Waals surface area contributed by atoms with Crippen LogP contribution in [0.4, 0.5) is 17.1 Å². The predicted octanol–water partition coefficient (Wildman–Crippen LogP) is 3.35. The molecule has 2 saturated heterocycles. The van der Waals surface area contributed by atoms with Crippen molar-refractivity contribution >= 4 is 23.0 Å². The molecule has 27 heavy (non-hydrogen) atoms. The smallest absolute Gasteiger partial charge is 0.293 e. The molecule has 2 fully saturated rings. The van der Waals surface area contributed by atoms with Gasteiger partial charge in [0.15, 0.2) is 0 Å². The van der Waals surface area contributed by atoms with Crippen molar-refractivity contribution < 1.29 is 9.72 Å². The van der Waals surface area contributed by atoms with Gasteiger partial charge < -0.3 is 10.2 Å². The summed E-state index contributed by atoms with van der Waals surface area (Å²) in [5.74, 6) is 0.0211. The average molecular weight is 366 g/mol. The molecule has 2 atom stereocenters. The second kappa shape index (κ2) is 7.00. The number of para-hydroxylation sites is 1. The van der Waals surface area contributed by atoms with Crippen LogP contribution in [0.15, 0.2) is 48.5 Å². The second-order valence-corrected chi connectivity index (χ2v) is 7.06. The molecule has 0 spiro atoms. The van der Waals surface area contributed by atoms with Crippen molar-refractivity contribution in [2.24, 2.45) is 0 Å². The van der Waals surface area contributed by atoms with Crippen LogP contribution in [0.1, 0.15) is 31.0 Å². The zero-order valence-corrected chi connectivity index (χ0v) is 15.2. The SMILES string of the molecule is CN(c1ccccc1)c1ccc(C2NC(=O)C3CCCCN32)cc1[N+](=O)[O-]. The van der Waals surface area contributed by atoms with Crippen molar-refractivity contribution in [1.82, 2.24) is 10.2 Å². The van der Waals surface area contributed by atoms with E-state index < -0.39 is 0 Å². The zero-order valence-electron chi connectivity index (χ0n) is 15.2. The summed E-state index contributed by atoms with van der Waals surface area (Å²) in [7, 11) is 1.81. The fourth-order valence-electron chi connectivity index (χ4n) is 4.06. The first-order valence-electron chi connectivity index (χ1n) is 9.19. The molecule has 0 aromatic heterocycles. The number of piperidine rings is 1. The number of fused-ring (bicyclic) bond motifs is 1. The number of hydrogen-bond donors (Lipinski definition) is 1. The Morgan fingerprint density at radius 3 is 2.70 bits per heavy atom. The fraction of sp³-hybridized carbons (Fsp3) is 0.350. The van der Waals surface area contributed by atoms with Crippen LogP contribution in [0.3, 0.4) is 0 Å².